The van der Waals surface area contributed by atoms with Gasteiger partial charge in [-0.2, -0.15) is 0 Å². The van der Waals surface area contributed by atoms with Crippen molar-refractivity contribution in [1.29, 1.82) is 0 Å². The molecule has 0 saturated heterocycles. The van der Waals surface area contributed by atoms with Crippen molar-refractivity contribution in [2.24, 2.45) is 0 Å². The minimum atomic E-state index is -1.12. The van der Waals surface area contributed by atoms with Gasteiger partial charge in [-0.15, -0.1) is 0 Å². The molecular weight excluding hydrogens is 608 g/mol. The molecule has 0 radical (unpaired) electrons. The zero-order valence-corrected chi connectivity index (χ0v) is 27.3. The maximum Gasteiger partial charge on any atom is 0.350 e. The standard InChI is InChI=1S/C20H21ClO4.C17H16O4/c1-13(2)24-19(23)20(3,4)25-17-11-7-15(8-12-17)18(22)14-5-9-16(21)10-6-14;1-20-13-10-15(19)17(16(11-13)21-2)14(18)9-8-12-6-4-3-5-7-12/h5-13H,1-4H3;3-11,19H,1-2H3. The van der Waals surface area contributed by atoms with Gasteiger partial charge in [0.25, 0.3) is 0 Å². The van der Waals surface area contributed by atoms with Gasteiger partial charge in [-0.1, -0.05) is 48.0 Å². The van der Waals surface area contributed by atoms with Crippen molar-refractivity contribution < 1.29 is 38.4 Å². The third kappa shape index (κ3) is 9.97. The number of allylic oxidation sites excluding steroid dienone is 1. The first-order chi connectivity index (χ1) is 21.8. The number of benzene rings is 4. The van der Waals surface area contributed by atoms with Crippen LogP contribution in [0.2, 0.25) is 5.02 Å². The number of ether oxygens (including phenoxy) is 4. The molecule has 0 atom stereocenters. The second-order valence-corrected chi connectivity index (χ2v) is 11.2. The summed E-state index contributed by atoms with van der Waals surface area (Å²) in [4.78, 5) is 36.7. The molecule has 4 aromatic rings. The van der Waals surface area contributed by atoms with Crippen LogP contribution in [-0.2, 0) is 9.53 Å². The summed E-state index contributed by atoms with van der Waals surface area (Å²) >= 11 is 5.84. The molecule has 0 aliphatic rings. The zero-order valence-electron chi connectivity index (χ0n) is 26.6. The third-order valence-corrected chi connectivity index (χ3v) is 6.67. The van der Waals surface area contributed by atoms with Gasteiger partial charge >= 0.3 is 5.97 Å². The van der Waals surface area contributed by atoms with Gasteiger partial charge < -0.3 is 24.1 Å². The van der Waals surface area contributed by atoms with E-state index < -0.39 is 11.6 Å². The van der Waals surface area contributed by atoms with E-state index in [4.69, 9.17) is 30.5 Å². The van der Waals surface area contributed by atoms with Crippen LogP contribution in [0, 0.1) is 0 Å². The molecule has 4 rings (SSSR count). The Labute approximate surface area is 274 Å². The van der Waals surface area contributed by atoms with Gasteiger partial charge in [0.2, 0.25) is 0 Å². The summed E-state index contributed by atoms with van der Waals surface area (Å²) in [6, 6.07) is 25.7. The van der Waals surface area contributed by atoms with Gasteiger partial charge in [0.15, 0.2) is 17.2 Å². The predicted molar refractivity (Wildman–Crippen MR) is 178 cm³/mol. The van der Waals surface area contributed by atoms with E-state index >= 15 is 0 Å². The molecular formula is C37H37ClO8. The molecule has 0 aromatic heterocycles. The van der Waals surface area contributed by atoms with Crippen molar-refractivity contribution in [2.45, 2.75) is 39.4 Å². The van der Waals surface area contributed by atoms with Gasteiger partial charge in [0, 0.05) is 28.3 Å². The number of methoxy groups -OCH3 is 2. The maximum atomic E-state index is 12.4. The highest BCUT2D eigenvalue weighted by Crippen LogP contribution is 2.34. The number of hydrogen-bond donors (Lipinski definition) is 1. The number of carbonyl (C=O) groups is 3. The monoisotopic (exact) mass is 644 g/mol. The fraction of sp³-hybridized carbons (Fsp3) is 0.216. The van der Waals surface area contributed by atoms with E-state index in [0.717, 1.165) is 5.56 Å². The van der Waals surface area contributed by atoms with E-state index in [1.807, 2.05) is 30.3 Å². The molecule has 0 aliphatic heterocycles. The smallest absolute Gasteiger partial charge is 0.350 e. The number of carbonyl (C=O) groups excluding carboxylic acids is 3. The lowest BCUT2D eigenvalue weighted by atomic mass is 10.0. The van der Waals surface area contributed by atoms with Crippen molar-refractivity contribution in [1.82, 2.24) is 0 Å². The Morgan fingerprint density at radius 2 is 1.39 bits per heavy atom. The lowest BCUT2D eigenvalue weighted by Gasteiger charge is -2.25. The quantitative estimate of drug-likeness (QED) is 0.0994. The summed E-state index contributed by atoms with van der Waals surface area (Å²) in [7, 11) is 2.91. The van der Waals surface area contributed by atoms with Crippen molar-refractivity contribution in [3.63, 3.8) is 0 Å². The van der Waals surface area contributed by atoms with Crippen LogP contribution in [0.4, 0.5) is 0 Å². The van der Waals surface area contributed by atoms with E-state index in [2.05, 4.69) is 0 Å². The first-order valence-electron chi connectivity index (χ1n) is 14.4. The van der Waals surface area contributed by atoms with Gasteiger partial charge in [-0.3, -0.25) is 9.59 Å². The Hall–Kier alpha value is -5.08. The second kappa shape index (κ2) is 16.3. The highest BCUT2D eigenvalue weighted by atomic mass is 35.5. The van der Waals surface area contributed by atoms with Gasteiger partial charge in [0.05, 0.1) is 20.3 Å². The molecule has 46 heavy (non-hydrogen) atoms. The number of ketones is 2. The zero-order chi connectivity index (χ0) is 33.9. The van der Waals surface area contributed by atoms with Crippen molar-refractivity contribution >= 4 is 35.2 Å². The average Bonchev–Trinajstić information content (AvgIpc) is 3.04. The molecule has 0 unspecified atom stereocenters. The highest BCUT2D eigenvalue weighted by Gasteiger charge is 2.32. The summed E-state index contributed by atoms with van der Waals surface area (Å²) in [6.07, 6.45) is 2.87. The van der Waals surface area contributed by atoms with E-state index in [0.29, 0.717) is 27.6 Å². The number of rotatable bonds is 11. The number of aromatic hydroxyl groups is 1. The fourth-order valence-electron chi connectivity index (χ4n) is 4.06. The molecule has 0 fully saturated rings. The second-order valence-electron chi connectivity index (χ2n) is 10.8. The summed E-state index contributed by atoms with van der Waals surface area (Å²) in [5.41, 5.74) is 0.978. The molecule has 0 bridgehead atoms. The molecule has 0 amide bonds. The SMILES string of the molecule is CC(C)OC(=O)C(C)(C)Oc1ccc(C(=O)c2ccc(Cl)cc2)cc1.COc1cc(O)c(C(=O)C=Cc2ccccc2)c(OC)c1. The summed E-state index contributed by atoms with van der Waals surface area (Å²) in [5.74, 6) is 0.121. The van der Waals surface area contributed by atoms with Crippen LogP contribution in [0.1, 0.15) is 59.5 Å². The van der Waals surface area contributed by atoms with Crippen LogP contribution in [0.15, 0.2) is 97.1 Å². The van der Waals surface area contributed by atoms with Crippen LogP contribution >= 0.6 is 11.6 Å². The van der Waals surface area contributed by atoms with E-state index in [-0.39, 0.29) is 34.7 Å². The Morgan fingerprint density at radius 1 is 0.804 bits per heavy atom. The molecule has 0 aliphatic carbocycles. The largest absolute Gasteiger partial charge is 0.507 e. The average molecular weight is 645 g/mol. The molecule has 240 valence electrons. The topological polar surface area (TPSA) is 108 Å². The molecule has 0 spiro atoms. The predicted octanol–water partition coefficient (Wildman–Crippen LogP) is 7.99. The van der Waals surface area contributed by atoms with Crippen molar-refractivity contribution in [3.05, 3.63) is 124 Å². The van der Waals surface area contributed by atoms with Crippen molar-refractivity contribution in [3.8, 4) is 23.0 Å². The van der Waals surface area contributed by atoms with Crippen molar-refractivity contribution in [2.75, 3.05) is 14.2 Å². The number of phenolic OH excluding ortho intramolecular Hbond substituents is 1. The Bertz CT molecular complexity index is 1660. The van der Waals surface area contributed by atoms with E-state index in [9.17, 15) is 19.5 Å². The number of phenols is 1. The van der Waals surface area contributed by atoms with E-state index in [1.165, 1.54) is 26.4 Å². The lowest BCUT2D eigenvalue weighted by molar-refractivity contribution is -0.163. The first-order valence-corrected chi connectivity index (χ1v) is 14.7. The van der Waals surface area contributed by atoms with Crippen LogP contribution in [-0.4, -0.2) is 48.6 Å². The molecule has 0 heterocycles. The summed E-state index contributed by atoms with van der Waals surface area (Å²) in [6.45, 7) is 6.85. The van der Waals surface area contributed by atoms with Gasteiger partial charge in [-0.25, -0.2) is 4.79 Å². The molecule has 9 heteroatoms. The van der Waals surface area contributed by atoms with Crippen LogP contribution in [0.5, 0.6) is 23.0 Å². The van der Waals surface area contributed by atoms with Gasteiger partial charge in [0.1, 0.15) is 28.6 Å². The molecule has 4 aromatic carbocycles. The third-order valence-electron chi connectivity index (χ3n) is 6.41. The molecule has 1 N–H and O–H groups in total. The van der Waals surface area contributed by atoms with Crippen LogP contribution in [0.25, 0.3) is 6.08 Å². The highest BCUT2D eigenvalue weighted by molar-refractivity contribution is 6.30. The Balaban J connectivity index is 0.000000254. The summed E-state index contributed by atoms with van der Waals surface area (Å²) in [5, 5.41) is 10.6. The normalized spacial score (nSPS) is 11.0. The minimum Gasteiger partial charge on any atom is -0.507 e. The van der Waals surface area contributed by atoms with Gasteiger partial charge in [-0.05, 0) is 87.9 Å². The van der Waals surface area contributed by atoms with Crippen LogP contribution in [0.3, 0.4) is 0 Å². The summed E-state index contributed by atoms with van der Waals surface area (Å²) < 4.78 is 21.1. The Morgan fingerprint density at radius 3 is 1.93 bits per heavy atom. The lowest BCUT2D eigenvalue weighted by Crippen LogP contribution is -2.40. The first kappa shape index (κ1) is 35.4. The fourth-order valence-corrected chi connectivity index (χ4v) is 4.18. The minimum absolute atomic E-state index is 0.110. The number of hydrogen-bond acceptors (Lipinski definition) is 8. The molecule has 8 nitrogen and oxygen atoms in total. The Kier molecular flexibility index (Phi) is 12.5. The number of esters is 1. The number of halogens is 1. The van der Waals surface area contributed by atoms with E-state index in [1.54, 1.807) is 88.4 Å². The van der Waals surface area contributed by atoms with Crippen LogP contribution < -0.4 is 14.2 Å². The molecule has 0 saturated carbocycles. The maximum absolute atomic E-state index is 12.4.